The van der Waals surface area contributed by atoms with Gasteiger partial charge in [-0.15, -0.1) is 0 Å². The van der Waals surface area contributed by atoms with Crippen molar-refractivity contribution in [3.8, 4) is 17.6 Å². The van der Waals surface area contributed by atoms with Gasteiger partial charge in [-0.1, -0.05) is 30.3 Å². The molecule has 0 saturated carbocycles. The monoisotopic (exact) mass is 283 g/mol. The second-order valence-corrected chi connectivity index (χ2v) is 4.39. The molecule has 0 heterocycles. The first-order valence-corrected chi connectivity index (χ1v) is 6.66. The van der Waals surface area contributed by atoms with Crippen LogP contribution in [0.1, 0.15) is 11.1 Å². The minimum atomic E-state index is 0.412. The summed E-state index contributed by atoms with van der Waals surface area (Å²) in [7, 11) is 1.61. The van der Waals surface area contributed by atoms with E-state index >= 15 is 0 Å². The maximum atomic E-state index is 9.17. The first kappa shape index (κ1) is 14.9. The van der Waals surface area contributed by atoms with Crippen LogP contribution in [0, 0.1) is 11.3 Å². The number of rotatable bonds is 7. The lowest BCUT2D eigenvalue weighted by Crippen LogP contribution is -2.05. The van der Waals surface area contributed by atoms with Crippen molar-refractivity contribution in [1.82, 2.24) is 0 Å². The van der Waals surface area contributed by atoms with Crippen LogP contribution in [0.4, 0.5) is 0 Å². The van der Waals surface area contributed by atoms with Crippen LogP contribution in [0.5, 0.6) is 11.5 Å². The molecule has 0 N–H and O–H groups in total. The van der Waals surface area contributed by atoms with Crippen molar-refractivity contribution in [1.29, 1.82) is 5.26 Å². The van der Waals surface area contributed by atoms with Gasteiger partial charge < -0.3 is 14.2 Å². The molecule has 2 rings (SSSR count). The fraction of sp³-hybridized carbons (Fsp3) is 0.235. The summed E-state index contributed by atoms with van der Waals surface area (Å²) in [5, 5.41) is 9.17. The third-order valence-corrected chi connectivity index (χ3v) is 2.86. The van der Waals surface area contributed by atoms with Crippen molar-refractivity contribution in [2.75, 3.05) is 20.3 Å². The van der Waals surface area contributed by atoms with Crippen molar-refractivity contribution in [3.63, 3.8) is 0 Å². The SMILES string of the molecule is COCCOc1ccc(OCc2ccccc2)cc1C#N. The molecule has 0 saturated heterocycles. The van der Waals surface area contributed by atoms with Crippen LogP contribution in [-0.4, -0.2) is 20.3 Å². The molecule has 21 heavy (non-hydrogen) atoms. The highest BCUT2D eigenvalue weighted by Crippen LogP contribution is 2.24. The fourth-order valence-corrected chi connectivity index (χ4v) is 1.79. The molecule has 0 aliphatic carbocycles. The summed E-state index contributed by atoms with van der Waals surface area (Å²) in [6, 6.07) is 17.2. The molecule has 2 aromatic carbocycles. The normalized spacial score (nSPS) is 9.90. The molecule has 4 nitrogen and oxygen atoms in total. The van der Waals surface area contributed by atoms with E-state index in [0.29, 0.717) is 36.9 Å². The van der Waals surface area contributed by atoms with E-state index in [1.54, 1.807) is 25.3 Å². The number of methoxy groups -OCH3 is 1. The predicted octanol–water partition coefficient (Wildman–Crippen LogP) is 3.16. The topological polar surface area (TPSA) is 51.5 Å². The predicted molar refractivity (Wildman–Crippen MR) is 79.3 cm³/mol. The second-order valence-electron chi connectivity index (χ2n) is 4.39. The van der Waals surface area contributed by atoms with E-state index in [1.807, 2.05) is 30.3 Å². The van der Waals surface area contributed by atoms with Crippen molar-refractivity contribution < 1.29 is 14.2 Å². The Hall–Kier alpha value is -2.51. The highest BCUT2D eigenvalue weighted by molar-refractivity contribution is 5.47. The molecular weight excluding hydrogens is 266 g/mol. The van der Waals surface area contributed by atoms with Gasteiger partial charge in [-0.05, 0) is 17.7 Å². The Morgan fingerprint density at radius 3 is 2.52 bits per heavy atom. The number of ether oxygens (including phenoxy) is 3. The molecule has 0 amide bonds. The second kappa shape index (κ2) is 7.93. The van der Waals surface area contributed by atoms with Gasteiger partial charge in [0, 0.05) is 13.2 Å². The maximum Gasteiger partial charge on any atom is 0.137 e. The number of nitrogens with zero attached hydrogens (tertiary/aromatic N) is 1. The molecule has 0 aromatic heterocycles. The van der Waals surface area contributed by atoms with Crippen LogP contribution >= 0.6 is 0 Å². The minimum Gasteiger partial charge on any atom is -0.490 e. The molecule has 2 aromatic rings. The summed E-state index contributed by atoms with van der Waals surface area (Å²) >= 11 is 0. The molecule has 0 unspecified atom stereocenters. The smallest absolute Gasteiger partial charge is 0.137 e. The van der Waals surface area contributed by atoms with Crippen LogP contribution in [0.25, 0.3) is 0 Å². The highest BCUT2D eigenvalue weighted by Gasteiger charge is 2.06. The Morgan fingerprint density at radius 2 is 1.81 bits per heavy atom. The van der Waals surface area contributed by atoms with E-state index < -0.39 is 0 Å². The highest BCUT2D eigenvalue weighted by atomic mass is 16.5. The summed E-state index contributed by atoms with van der Waals surface area (Å²) in [6.07, 6.45) is 0. The molecular formula is C17H17NO3. The molecule has 0 atom stereocenters. The van der Waals surface area contributed by atoms with Gasteiger partial charge in [0.2, 0.25) is 0 Å². The zero-order valence-electron chi connectivity index (χ0n) is 11.9. The van der Waals surface area contributed by atoms with Crippen molar-refractivity contribution in [3.05, 3.63) is 59.7 Å². The Morgan fingerprint density at radius 1 is 1.00 bits per heavy atom. The molecule has 0 fully saturated rings. The van der Waals surface area contributed by atoms with E-state index in [4.69, 9.17) is 19.5 Å². The molecule has 0 aliphatic heterocycles. The maximum absolute atomic E-state index is 9.17. The summed E-state index contributed by atoms with van der Waals surface area (Å²) in [5.41, 5.74) is 1.54. The third kappa shape index (κ3) is 4.51. The van der Waals surface area contributed by atoms with Crippen LogP contribution in [0.3, 0.4) is 0 Å². The van der Waals surface area contributed by atoms with E-state index in [9.17, 15) is 0 Å². The molecule has 0 bridgehead atoms. The van der Waals surface area contributed by atoms with Gasteiger partial charge in [0.15, 0.2) is 0 Å². The van der Waals surface area contributed by atoms with Crippen molar-refractivity contribution in [2.45, 2.75) is 6.61 Å². The Kier molecular flexibility index (Phi) is 5.62. The molecule has 108 valence electrons. The van der Waals surface area contributed by atoms with E-state index in [2.05, 4.69) is 6.07 Å². The van der Waals surface area contributed by atoms with E-state index in [-0.39, 0.29) is 0 Å². The summed E-state index contributed by atoms with van der Waals surface area (Å²) < 4.78 is 16.1. The lowest BCUT2D eigenvalue weighted by atomic mass is 10.2. The van der Waals surface area contributed by atoms with Crippen LogP contribution < -0.4 is 9.47 Å². The molecule has 0 radical (unpaired) electrons. The fourth-order valence-electron chi connectivity index (χ4n) is 1.79. The van der Waals surface area contributed by atoms with Gasteiger partial charge in [-0.25, -0.2) is 0 Å². The summed E-state index contributed by atoms with van der Waals surface area (Å²) in [4.78, 5) is 0. The first-order chi connectivity index (χ1) is 10.3. The number of benzene rings is 2. The van der Waals surface area contributed by atoms with Crippen molar-refractivity contribution >= 4 is 0 Å². The Labute approximate surface area is 124 Å². The Bertz CT molecular complexity index is 605. The quantitative estimate of drug-likeness (QED) is 0.732. The van der Waals surface area contributed by atoms with Crippen LogP contribution in [-0.2, 0) is 11.3 Å². The lowest BCUT2D eigenvalue weighted by molar-refractivity contribution is 0.146. The lowest BCUT2D eigenvalue weighted by Gasteiger charge is -2.10. The third-order valence-electron chi connectivity index (χ3n) is 2.86. The average Bonchev–Trinajstić information content (AvgIpc) is 2.55. The largest absolute Gasteiger partial charge is 0.490 e. The first-order valence-electron chi connectivity index (χ1n) is 6.66. The van der Waals surface area contributed by atoms with Gasteiger partial charge in [0.05, 0.1) is 12.2 Å². The van der Waals surface area contributed by atoms with Gasteiger partial charge in [0.1, 0.15) is 30.8 Å². The Balaban J connectivity index is 2.00. The number of hydrogen-bond acceptors (Lipinski definition) is 4. The van der Waals surface area contributed by atoms with Crippen molar-refractivity contribution in [2.24, 2.45) is 0 Å². The van der Waals surface area contributed by atoms with E-state index in [0.717, 1.165) is 5.56 Å². The molecule has 0 aliphatic rings. The average molecular weight is 283 g/mol. The van der Waals surface area contributed by atoms with Gasteiger partial charge in [-0.3, -0.25) is 0 Å². The van der Waals surface area contributed by atoms with Gasteiger partial charge in [0.25, 0.3) is 0 Å². The van der Waals surface area contributed by atoms with E-state index in [1.165, 1.54) is 0 Å². The molecule has 4 heteroatoms. The summed E-state index contributed by atoms with van der Waals surface area (Å²) in [6.45, 7) is 1.36. The number of hydrogen-bond donors (Lipinski definition) is 0. The molecule has 0 spiro atoms. The van der Waals surface area contributed by atoms with Crippen LogP contribution in [0.15, 0.2) is 48.5 Å². The zero-order valence-corrected chi connectivity index (χ0v) is 11.9. The zero-order chi connectivity index (χ0) is 14.9. The number of nitriles is 1. The van der Waals surface area contributed by atoms with Gasteiger partial charge >= 0.3 is 0 Å². The standard InChI is InChI=1S/C17H17NO3/c1-19-9-10-20-17-8-7-16(11-15(17)12-18)21-13-14-5-3-2-4-6-14/h2-8,11H,9-10,13H2,1H3. The summed E-state index contributed by atoms with van der Waals surface area (Å²) in [5.74, 6) is 1.19. The minimum absolute atomic E-state index is 0.412. The van der Waals surface area contributed by atoms with Crippen LogP contribution in [0.2, 0.25) is 0 Å². The van der Waals surface area contributed by atoms with Gasteiger partial charge in [-0.2, -0.15) is 5.26 Å².